The number of piperidine rings is 2. The van der Waals surface area contributed by atoms with E-state index in [1.165, 1.54) is 25.7 Å². The first-order valence-corrected chi connectivity index (χ1v) is 5.67. The molecule has 3 heterocycles. The van der Waals surface area contributed by atoms with Gasteiger partial charge in [0.1, 0.15) is 0 Å². The smallest absolute Gasteiger partial charge is 0.0268 e. The molecule has 0 amide bonds. The van der Waals surface area contributed by atoms with Crippen LogP contribution in [0.2, 0.25) is 0 Å². The fraction of sp³-hybridized carbons (Fsp3) is 1.00. The van der Waals surface area contributed by atoms with Gasteiger partial charge in [-0.1, -0.05) is 13.8 Å². The monoisotopic (exact) mass is 180 g/mol. The van der Waals surface area contributed by atoms with E-state index < -0.39 is 0 Å². The van der Waals surface area contributed by atoms with Gasteiger partial charge in [0.2, 0.25) is 0 Å². The van der Waals surface area contributed by atoms with Gasteiger partial charge in [0.05, 0.1) is 0 Å². The molecule has 2 heteroatoms. The van der Waals surface area contributed by atoms with Crippen molar-refractivity contribution in [1.82, 2.24) is 4.90 Å². The minimum Gasteiger partial charge on any atom is -0.328 e. The lowest BCUT2D eigenvalue weighted by Gasteiger charge is -2.75. The number of nitrogens with zero attached hydrogens (tertiary/aromatic N) is 1. The Labute approximate surface area is 80.5 Å². The fourth-order valence-corrected chi connectivity index (χ4v) is 4.07. The molecule has 3 rings (SSSR count). The topological polar surface area (TPSA) is 29.3 Å². The Hall–Kier alpha value is -0.0800. The van der Waals surface area contributed by atoms with Crippen LogP contribution in [0.1, 0.15) is 39.5 Å². The summed E-state index contributed by atoms with van der Waals surface area (Å²) in [5, 5.41) is 0. The molecule has 3 fully saturated rings. The highest BCUT2D eigenvalue weighted by atomic mass is 15.4. The van der Waals surface area contributed by atoms with Gasteiger partial charge < -0.3 is 5.73 Å². The lowest BCUT2D eigenvalue weighted by atomic mass is 9.55. The molecule has 2 nitrogen and oxygen atoms in total. The largest absolute Gasteiger partial charge is 0.328 e. The van der Waals surface area contributed by atoms with Crippen LogP contribution >= 0.6 is 0 Å². The summed E-state index contributed by atoms with van der Waals surface area (Å²) in [7, 11) is 0. The molecule has 0 aromatic carbocycles. The van der Waals surface area contributed by atoms with Crippen LogP contribution < -0.4 is 5.73 Å². The molecule has 0 saturated carbocycles. The van der Waals surface area contributed by atoms with Gasteiger partial charge in [0.25, 0.3) is 0 Å². The maximum Gasteiger partial charge on any atom is 0.0268 e. The first-order chi connectivity index (χ1) is 6.13. The summed E-state index contributed by atoms with van der Waals surface area (Å²) in [5.41, 5.74) is 6.65. The molecule has 2 atom stereocenters. The van der Waals surface area contributed by atoms with Crippen molar-refractivity contribution in [3.63, 3.8) is 0 Å². The summed E-state index contributed by atoms with van der Waals surface area (Å²) in [6, 6.07) is 2.20. The Morgan fingerprint density at radius 1 is 1.23 bits per heavy atom. The van der Waals surface area contributed by atoms with Gasteiger partial charge in [0, 0.05) is 23.7 Å². The van der Waals surface area contributed by atoms with E-state index in [9.17, 15) is 0 Å². The second kappa shape index (κ2) is 2.29. The Bertz CT molecular complexity index is 220. The van der Waals surface area contributed by atoms with E-state index in [1.807, 2.05) is 0 Å². The quantitative estimate of drug-likeness (QED) is 0.660. The van der Waals surface area contributed by atoms with Crippen molar-refractivity contribution >= 4 is 0 Å². The van der Waals surface area contributed by atoms with Gasteiger partial charge in [-0.2, -0.15) is 0 Å². The van der Waals surface area contributed by atoms with Crippen LogP contribution in [0.5, 0.6) is 0 Å². The summed E-state index contributed by atoms with van der Waals surface area (Å²) in [6.45, 7) is 4.75. The zero-order chi connectivity index (χ0) is 9.22. The van der Waals surface area contributed by atoms with Crippen molar-refractivity contribution < 1.29 is 0 Å². The molecule has 13 heavy (non-hydrogen) atoms. The third-order valence-electron chi connectivity index (χ3n) is 4.70. The molecule has 2 N–H and O–H groups in total. The van der Waals surface area contributed by atoms with Gasteiger partial charge in [-0.05, 0) is 31.6 Å². The summed E-state index contributed by atoms with van der Waals surface area (Å²) < 4.78 is 0. The Morgan fingerprint density at radius 2 is 1.77 bits per heavy atom. The third-order valence-corrected chi connectivity index (χ3v) is 4.70. The van der Waals surface area contributed by atoms with E-state index in [-0.39, 0.29) is 0 Å². The molecule has 0 aromatic rings. The average Bonchev–Trinajstić information content (AvgIpc) is 1.94. The van der Waals surface area contributed by atoms with Gasteiger partial charge in [0.15, 0.2) is 0 Å². The first kappa shape index (κ1) is 8.25. The van der Waals surface area contributed by atoms with E-state index in [0.29, 0.717) is 11.6 Å². The van der Waals surface area contributed by atoms with E-state index >= 15 is 0 Å². The minimum atomic E-state index is 0.497. The van der Waals surface area contributed by atoms with Crippen LogP contribution in [-0.2, 0) is 0 Å². The highest BCUT2D eigenvalue weighted by Crippen LogP contribution is 2.59. The van der Waals surface area contributed by atoms with Crippen LogP contribution in [0.3, 0.4) is 0 Å². The molecular formula is C11H20N2. The van der Waals surface area contributed by atoms with Crippen molar-refractivity contribution in [3.05, 3.63) is 0 Å². The molecule has 74 valence electrons. The third kappa shape index (κ3) is 0.816. The molecule has 3 saturated heterocycles. The highest BCUT2D eigenvalue weighted by molar-refractivity contribution is 5.21. The van der Waals surface area contributed by atoms with Crippen LogP contribution in [0.15, 0.2) is 0 Å². The fourth-order valence-electron chi connectivity index (χ4n) is 4.07. The molecule has 0 aliphatic carbocycles. The average molecular weight is 180 g/mol. The van der Waals surface area contributed by atoms with Crippen LogP contribution in [0.4, 0.5) is 0 Å². The van der Waals surface area contributed by atoms with E-state index in [4.69, 9.17) is 5.73 Å². The second-order valence-electron chi connectivity index (χ2n) is 5.61. The van der Waals surface area contributed by atoms with Crippen molar-refractivity contribution in [2.75, 3.05) is 0 Å². The molecule has 3 aliphatic rings. The van der Waals surface area contributed by atoms with Crippen molar-refractivity contribution in [2.24, 2.45) is 11.7 Å². The molecular weight excluding hydrogens is 160 g/mol. The normalized spacial score (nSPS) is 54.0. The van der Waals surface area contributed by atoms with Crippen LogP contribution in [0, 0.1) is 5.92 Å². The lowest BCUT2D eigenvalue weighted by Crippen LogP contribution is -2.83. The maximum atomic E-state index is 6.03. The predicted molar refractivity (Wildman–Crippen MR) is 53.4 cm³/mol. The summed E-state index contributed by atoms with van der Waals surface area (Å²) in [4.78, 5) is 2.78. The highest BCUT2D eigenvalue weighted by Gasteiger charge is 2.65. The zero-order valence-electron chi connectivity index (χ0n) is 8.66. The van der Waals surface area contributed by atoms with E-state index in [1.54, 1.807) is 0 Å². The number of nitrogens with two attached hydrogens (primary N) is 1. The van der Waals surface area contributed by atoms with Crippen molar-refractivity contribution in [3.8, 4) is 0 Å². The maximum absolute atomic E-state index is 6.03. The van der Waals surface area contributed by atoms with Gasteiger partial charge >= 0.3 is 0 Å². The van der Waals surface area contributed by atoms with Crippen LogP contribution in [-0.4, -0.2) is 28.6 Å². The first-order valence-electron chi connectivity index (χ1n) is 5.67. The zero-order valence-corrected chi connectivity index (χ0v) is 8.66. The molecule has 0 aromatic heterocycles. The van der Waals surface area contributed by atoms with Gasteiger partial charge in [-0.15, -0.1) is 0 Å². The molecule has 2 unspecified atom stereocenters. The summed E-state index contributed by atoms with van der Waals surface area (Å²) in [5.74, 6) is 0.842. The molecule has 0 bridgehead atoms. The molecule has 3 aliphatic heterocycles. The standard InChI is InChI=1S/C11H20N2/c1-7(2)11-5-9-3-8(12)4-10(6-11)13(9)11/h7-10H,3-6,12H2,1-2H3. The molecule has 0 spiro atoms. The van der Waals surface area contributed by atoms with Gasteiger partial charge in [-0.3, -0.25) is 4.90 Å². The van der Waals surface area contributed by atoms with Crippen molar-refractivity contribution in [1.29, 1.82) is 0 Å². The van der Waals surface area contributed by atoms with Gasteiger partial charge in [-0.25, -0.2) is 0 Å². The lowest BCUT2D eigenvalue weighted by molar-refractivity contribution is -0.241. The van der Waals surface area contributed by atoms with E-state index in [2.05, 4.69) is 18.7 Å². The number of hydrogen-bond donors (Lipinski definition) is 1. The number of rotatable bonds is 1. The summed E-state index contributed by atoms with van der Waals surface area (Å²) >= 11 is 0. The molecule has 0 radical (unpaired) electrons. The van der Waals surface area contributed by atoms with Crippen molar-refractivity contribution in [2.45, 2.75) is 63.2 Å². The SMILES string of the molecule is CC(C)C12CC3CC(N)CC(C1)N32. The van der Waals surface area contributed by atoms with Crippen LogP contribution in [0.25, 0.3) is 0 Å². The Kier molecular flexibility index (Phi) is 1.45. The number of hydrogen-bond acceptors (Lipinski definition) is 2. The second-order valence-corrected chi connectivity index (χ2v) is 5.61. The predicted octanol–water partition coefficient (Wildman–Crippen LogP) is 1.35. The minimum absolute atomic E-state index is 0.497. The van der Waals surface area contributed by atoms with E-state index in [0.717, 1.165) is 18.0 Å². The summed E-state index contributed by atoms with van der Waals surface area (Å²) in [6.07, 6.45) is 5.36. The Balaban J connectivity index is 1.79. The Morgan fingerprint density at radius 3 is 2.23 bits per heavy atom.